The Morgan fingerprint density at radius 3 is 2.04 bits per heavy atom. The molecule has 0 saturated carbocycles. The van der Waals surface area contributed by atoms with Crippen LogP contribution in [0.3, 0.4) is 0 Å². The molecule has 13 N–H and O–H groups in total. The van der Waals surface area contributed by atoms with Crippen LogP contribution in [0.2, 0.25) is 0 Å². The maximum absolute atomic E-state index is 13.8. The number of carbonyl (C=O) groups excluding carboxylic acids is 7. The molecule has 0 bridgehead atoms. The summed E-state index contributed by atoms with van der Waals surface area (Å²) in [6.45, 7) is 9.97. The van der Waals surface area contributed by atoms with Crippen LogP contribution in [-0.4, -0.2) is 118 Å². The number of primary amides is 1. The van der Waals surface area contributed by atoms with Gasteiger partial charge in [-0.15, -0.1) is 0 Å². The Labute approximate surface area is 316 Å². The van der Waals surface area contributed by atoms with Crippen molar-refractivity contribution in [3.05, 3.63) is 0 Å². The van der Waals surface area contributed by atoms with Crippen molar-refractivity contribution in [2.75, 3.05) is 13.1 Å². The van der Waals surface area contributed by atoms with Crippen LogP contribution in [0.4, 0.5) is 0 Å². The Balaban J connectivity index is 3.14. The van der Waals surface area contributed by atoms with Crippen LogP contribution in [-0.2, 0) is 38.4 Å². The molecule has 0 unspecified atom stereocenters. The third-order valence-electron chi connectivity index (χ3n) is 9.16. The highest BCUT2D eigenvalue weighted by Gasteiger charge is 2.43. The molecule has 0 aromatic rings. The molecule has 5 amide bonds. The molecule has 19 nitrogen and oxygen atoms in total. The Bertz CT molecular complexity index is 1380. The number of rotatable bonds is 25. The second-order valence-corrected chi connectivity index (χ2v) is 14.8. The van der Waals surface area contributed by atoms with Crippen LogP contribution < -0.4 is 38.9 Å². The molecule has 306 valence electrons. The van der Waals surface area contributed by atoms with Crippen LogP contribution in [0.25, 0.3) is 0 Å². The fourth-order valence-corrected chi connectivity index (χ4v) is 6.09. The molecule has 1 fully saturated rings. The van der Waals surface area contributed by atoms with Crippen molar-refractivity contribution in [2.45, 2.75) is 129 Å². The number of Topliss-reactive ketones (excluding diaryl/α,β-unsaturated/α-hetero) is 2. The van der Waals surface area contributed by atoms with Crippen LogP contribution in [0.1, 0.15) is 92.9 Å². The third-order valence-corrected chi connectivity index (χ3v) is 9.16. The van der Waals surface area contributed by atoms with Crippen LogP contribution in [0.15, 0.2) is 4.99 Å². The molecule has 54 heavy (non-hydrogen) atoms. The minimum Gasteiger partial charge on any atom is -0.481 e. The predicted molar refractivity (Wildman–Crippen MR) is 198 cm³/mol. The molecule has 0 aromatic heterocycles. The summed E-state index contributed by atoms with van der Waals surface area (Å²) in [5.74, 6) is -8.45. The van der Waals surface area contributed by atoms with E-state index in [0.29, 0.717) is 6.42 Å². The Morgan fingerprint density at radius 1 is 0.889 bits per heavy atom. The van der Waals surface area contributed by atoms with E-state index in [-0.39, 0.29) is 57.1 Å². The van der Waals surface area contributed by atoms with Gasteiger partial charge < -0.3 is 54.0 Å². The number of amides is 5. The quantitative estimate of drug-likeness (QED) is 0.0277. The van der Waals surface area contributed by atoms with E-state index in [1.807, 2.05) is 13.8 Å². The summed E-state index contributed by atoms with van der Waals surface area (Å²) in [7, 11) is 0. The molecule has 8 atom stereocenters. The summed E-state index contributed by atoms with van der Waals surface area (Å²) in [4.78, 5) is 108. The zero-order valence-corrected chi connectivity index (χ0v) is 32.2. The van der Waals surface area contributed by atoms with E-state index in [1.54, 1.807) is 13.8 Å². The van der Waals surface area contributed by atoms with Crippen molar-refractivity contribution in [3.63, 3.8) is 0 Å². The number of aliphatic carboxylic acids is 1. The number of carboxylic acid groups (broad SMARTS) is 1. The summed E-state index contributed by atoms with van der Waals surface area (Å²) in [6.07, 6.45) is -1.84. The summed E-state index contributed by atoms with van der Waals surface area (Å²) in [5, 5.41) is 27.8. The Morgan fingerprint density at radius 2 is 1.52 bits per heavy atom. The van der Waals surface area contributed by atoms with E-state index in [4.69, 9.17) is 22.9 Å². The number of carboxylic acids is 1. The monoisotopic (exact) mass is 767 g/mol. The maximum Gasteiger partial charge on any atom is 0.303 e. The lowest BCUT2D eigenvalue weighted by Crippen LogP contribution is -2.58. The van der Waals surface area contributed by atoms with E-state index in [0.717, 1.165) is 4.90 Å². The molecule has 1 heterocycles. The Kier molecular flexibility index (Phi) is 19.8. The number of nitrogens with one attached hydrogen (secondary N) is 3. The molecule has 0 aliphatic carbocycles. The molecule has 1 saturated heterocycles. The number of nitrogens with two attached hydrogens (primary N) is 4. The molecule has 0 spiro atoms. The lowest BCUT2D eigenvalue weighted by Gasteiger charge is -2.32. The summed E-state index contributed by atoms with van der Waals surface area (Å²) in [5.41, 5.74) is 21.9. The van der Waals surface area contributed by atoms with Gasteiger partial charge in [0.25, 0.3) is 0 Å². The molecular formula is C35H61N9O10. The first-order valence-corrected chi connectivity index (χ1v) is 18.3. The number of hydrogen-bond donors (Lipinski definition) is 9. The van der Waals surface area contributed by atoms with Crippen LogP contribution in [0.5, 0.6) is 0 Å². The first kappa shape index (κ1) is 47.4. The molecule has 1 aliphatic heterocycles. The van der Waals surface area contributed by atoms with Crippen LogP contribution in [0, 0.1) is 23.7 Å². The number of likely N-dealkylation sites (tertiary alicyclic amines) is 1. The second kappa shape index (κ2) is 22.5. The number of guanidine groups is 1. The van der Waals surface area contributed by atoms with Gasteiger partial charge in [-0.1, -0.05) is 34.6 Å². The van der Waals surface area contributed by atoms with E-state index >= 15 is 0 Å². The van der Waals surface area contributed by atoms with Gasteiger partial charge >= 0.3 is 5.97 Å². The highest BCUT2D eigenvalue weighted by molar-refractivity contribution is 5.98. The number of aliphatic hydroxyl groups excluding tert-OH is 1. The topological polar surface area (TPSA) is 333 Å². The zero-order chi connectivity index (χ0) is 41.4. The summed E-state index contributed by atoms with van der Waals surface area (Å²) < 4.78 is 0. The molecule has 0 radical (unpaired) electrons. The number of aliphatic hydroxyl groups is 1. The maximum atomic E-state index is 13.8. The van der Waals surface area contributed by atoms with Crippen molar-refractivity contribution >= 4 is 53.0 Å². The fraction of sp³-hybridized carbons (Fsp3) is 0.743. The van der Waals surface area contributed by atoms with Gasteiger partial charge in [0.15, 0.2) is 17.5 Å². The van der Waals surface area contributed by atoms with Gasteiger partial charge in [-0.3, -0.25) is 43.3 Å². The molecule has 1 aliphatic rings. The van der Waals surface area contributed by atoms with E-state index in [9.17, 15) is 48.6 Å². The highest BCUT2D eigenvalue weighted by Crippen LogP contribution is 2.21. The van der Waals surface area contributed by atoms with Crippen molar-refractivity contribution in [1.82, 2.24) is 20.9 Å². The highest BCUT2D eigenvalue weighted by atomic mass is 16.4. The van der Waals surface area contributed by atoms with Gasteiger partial charge in [-0.2, -0.15) is 0 Å². The Hall–Kier alpha value is -4.65. The molecule has 1 rings (SSSR count). The van der Waals surface area contributed by atoms with Gasteiger partial charge in [0.05, 0.1) is 24.2 Å². The van der Waals surface area contributed by atoms with Gasteiger partial charge in [0.2, 0.25) is 29.5 Å². The first-order chi connectivity index (χ1) is 25.1. The number of nitrogens with zero attached hydrogens (tertiary/aromatic N) is 2. The van der Waals surface area contributed by atoms with Gasteiger partial charge in [0, 0.05) is 44.2 Å². The number of aliphatic imine (C=N–C) groups is 1. The minimum absolute atomic E-state index is 0.00129. The number of ketones is 2. The SMILES string of the molecule is CC(C)C[C@@H](NC(=O)[C@@H](CCC(=O)O)CC(=O)[C@H](NC(=O)[C@@H]([C@@H](C)O)N1CC[C@@H](NC(=O)[C@H](N)CCCN=C(N)N)C1=O)C(C)C)C(=O)C[C@H](C)C(N)=O. The third kappa shape index (κ3) is 15.8. The molecular weight excluding hydrogens is 706 g/mol. The van der Waals surface area contributed by atoms with E-state index in [1.165, 1.54) is 13.8 Å². The fourth-order valence-electron chi connectivity index (χ4n) is 6.09. The first-order valence-electron chi connectivity index (χ1n) is 18.3. The number of hydrogen-bond acceptors (Lipinski definition) is 11. The van der Waals surface area contributed by atoms with Gasteiger partial charge in [-0.25, -0.2) is 0 Å². The average Bonchev–Trinajstić information content (AvgIpc) is 3.40. The minimum atomic E-state index is -1.45. The summed E-state index contributed by atoms with van der Waals surface area (Å²) in [6, 6.07) is -5.65. The zero-order valence-electron chi connectivity index (χ0n) is 32.2. The van der Waals surface area contributed by atoms with Crippen molar-refractivity contribution in [1.29, 1.82) is 0 Å². The van der Waals surface area contributed by atoms with E-state index < -0.39 is 114 Å². The van der Waals surface area contributed by atoms with Crippen molar-refractivity contribution in [3.8, 4) is 0 Å². The van der Waals surface area contributed by atoms with Crippen molar-refractivity contribution < 1.29 is 48.6 Å². The van der Waals surface area contributed by atoms with E-state index in [2.05, 4.69) is 20.9 Å². The van der Waals surface area contributed by atoms with Crippen molar-refractivity contribution in [2.24, 2.45) is 51.6 Å². The standard InChI is InChI=1S/C35H61N9O10/c1-17(2)14-24(25(46)15-19(5)30(37)50)42-31(51)21(9-10-27(48)49)16-26(47)28(18(3)4)43-33(53)29(20(6)45)44-13-11-23(34(44)54)41-32(52)22(36)8-7-12-40-35(38)39/h17-24,28-29,45H,7-16,36H2,1-6H3,(H2,37,50)(H,41,52)(H,42,51)(H,43,53)(H,48,49)(H4,38,39,40)/t19-,20+,21-,22+,23+,24+,28+,29+/m0/s1. The summed E-state index contributed by atoms with van der Waals surface area (Å²) >= 11 is 0. The number of carbonyl (C=O) groups is 8. The van der Waals surface area contributed by atoms with Gasteiger partial charge in [0.1, 0.15) is 12.1 Å². The van der Waals surface area contributed by atoms with Gasteiger partial charge in [-0.05, 0) is 50.9 Å². The van der Waals surface area contributed by atoms with Crippen LogP contribution >= 0.6 is 0 Å². The lowest BCUT2D eigenvalue weighted by molar-refractivity contribution is -0.144. The largest absolute Gasteiger partial charge is 0.481 e. The molecule has 19 heteroatoms. The normalized spacial score (nSPS) is 18.1. The lowest BCUT2D eigenvalue weighted by atomic mass is 9.88. The second-order valence-electron chi connectivity index (χ2n) is 14.8. The smallest absolute Gasteiger partial charge is 0.303 e. The molecule has 0 aromatic carbocycles. The average molecular weight is 768 g/mol. The predicted octanol–water partition coefficient (Wildman–Crippen LogP) is -1.97.